The second-order valence-corrected chi connectivity index (χ2v) is 5.47. The van der Waals surface area contributed by atoms with Crippen molar-refractivity contribution in [2.24, 2.45) is 17.8 Å². The standard InChI is InChI=1S/C13H17N5.ClH/c1-18(6-11-9-4-14-5-10(9)11)13-8-2-3-15-12(8)16-7-17-13;/h2-3,7,9-11,14H,4-6H2,1H3,(H,15,16,17);1H/t9-,10+,11?;. The minimum absolute atomic E-state index is 0. The molecule has 0 aromatic carbocycles. The van der Waals surface area contributed by atoms with Crippen molar-refractivity contribution in [2.45, 2.75) is 0 Å². The van der Waals surface area contributed by atoms with Crippen molar-refractivity contribution in [1.29, 1.82) is 0 Å². The van der Waals surface area contributed by atoms with Crippen molar-refractivity contribution in [2.75, 3.05) is 31.6 Å². The Hall–Kier alpha value is -1.33. The van der Waals surface area contributed by atoms with E-state index in [1.807, 2.05) is 6.20 Å². The first-order valence-corrected chi connectivity index (χ1v) is 6.54. The van der Waals surface area contributed by atoms with Gasteiger partial charge in [0.05, 0.1) is 5.39 Å². The van der Waals surface area contributed by atoms with Crippen LogP contribution in [0.2, 0.25) is 0 Å². The molecule has 6 heteroatoms. The number of rotatable bonds is 3. The molecule has 1 unspecified atom stereocenters. The molecule has 2 aliphatic rings. The second-order valence-electron chi connectivity index (χ2n) is 5.47. The first-order valence-electron chi connectivity index (χ1n) is 6.54. The van der Waals surface area contributed by atoms with Gasteiger partial charge in [0.1, 0.15) is 17.8 Å². The molecule has 2 N–H and O–H groups in total. The predicted molar refractivity (Wildman–Crippen MR) is 77.7 cm³/mol. The monoisotopic (exact) mass is 279 g/mol. The van der Waals surface area contributed by atoms with Gasteiger partial charge in [0.2, 0.25) is 0 Å². The number of nitrogens with zero attached hydrogens (tertiary/aromatic N) is 3. The van der Waals surface area contributed by atoms with Crippen molar-refractivity contribution in [1.82, 2.24) is 20.3 Å². The molecule has 1 saturated heterocycles. The normalized spacial score (nSPS) is 27.9. The first kappa shape index (κ1) is 12.7. The fraction of sp³-hybridized carbons (Fsp3) is 0.538. The van der Waals surface area contributed by atoms with Crippen LogP contribution < -0.4 is 10.2 Å². The van der Waals surface area contributed by atoms with Crippen LogP contribution in [-0.2, 0) is 0 Å². The molecule has 0 radical (unpaired) electrons. The number of halogens is 1. The van der Waals surface area contributed by atoms with Gasteiger partial charge in [0, 0.05) is 19.8 Å². The van der Waals surface area contributed by atoms with Crippen LogP contribution in [0.25, 0.3) is 11.0 Å². The summed E-state index contributed by atoms with van der Waals surface area (Å²) in [6.45, 7) is 3.51. The molecule has 19 heavy (non-hydrogen) atoms. The Labute approximate surface area is 118 Å². The van der Waals surface area contributed by atoms with Crippen LogP contribution in [0.1, 0.15) is 0 Å². The molecule has 1 aliphatic carbocycles. The van der Waals surface area contributed by atoms with Gasteiger partial charge in [-0.1, -0.05) is 0 Å². The minimum atomic E-state index is 0. The molecule has 3 heterocycles. The van der Waals surface area contributed by atoms with E-state index in [1.54, 1.807) is 6.33 Å². The number of aromatic amines is 1. The van der Waals surface area contributed by atoms with Crippen LogP contribution in [0, 0.1) is 17.8 Å². The molecule has 0 amide bonds. The highest BCUT2D eigenvalue weighted by Gasteiger charge is 2.52. The van der Waals surface area contributed by atoms with Gasteiger partial charge < -0.3 is 15.2 Å². The first-order chi connectivity index (χ1) is 8.84. The third kappa shape index (κ3) is 1.97. The van der Waals surface area contributed by atoms with E-state index in [-0.39, 0.29) is 12.4 Å². The lowest BCUT2D eigenvalue weighted by atomic mass is 10.2. The van der Waals surface area contributed by atoms with Crippen LogP contribution >= 0.6 is 12.4 Å². The Bertz CT molecular complexity index is 573. The molecular weight excluding hydrogens is 262 g/mol. The lowest BCUT2D eigenvalue weighted by molar-refractivity contribution is 0.591. The molecule has 102 valence electrons. The molecule has 1 aliphatic heterocycles. The van der Waals surface area contributed by atoms with Gasteiger partial charge in [0.15, 0.2) is 0 Å². The van der Waals surface area contributed by atoms with E-state index in [4.69, 9.17) is 0 Å². The maximum absolute atomic E-state index is 4.43. The molecule has 4 rings (SSSR count). The Balaban J connectivity index is 0.00000110. The summed E-state index contributed by atoms with van der Waals surface area (Å²) in [7, 11) is 2.14. The number of hydrogen-bond acceptors (Lipinski definition) is 4. The highest BCUT2D eigenvalue weighted by atomic mass is 35.5. The number of piperidine rings is 1. The second kappa shape index (κ2) is 4.65. The van der Waals surface area contributed by atoms with Crippen molar-refractivity contribution in [3.05, 3.63) is 18.6 Å². The maximum atomic E-state index is 4.43. The third-order valence-electron chi connectivity index (χ3n) is 4.45. The molecule has 5 nitrogen and oxygen atoms in total. The van der Waals surface area contributed by atoms with E-state index in [0.29, 0.717) is 0 Å². The highest BCUT2D eigenvalue weighted by molar-refractivity contribution is 5.87. The summed E-state index contributed by atoms with van der Waals surface area (Å²) in [5.74, 6) is 3.69. The molecule has 2 fully saturated rings. The van der Waals surface area contributed by atoms with E-state index < -0.39 is 0 Å². The molecule has 0 bridgehead atoms. The number of nitrogens with one attached hydrogen (secondary N) is 2. The van der Waals surface area contributed by atoms with Crippen LogP contribution in [0.15, 0.2) is 18.6 Å². The zero-order valence-electron chi connectivity index (χ0n) is 10.8. The largest absolute Gasteiger partial charge is 0.359 e. The summed E-state index contributed by atoms with van der Waals surface area (Å²) in [5, 5.41) is 4.56. The summed E-state index contributed by atoms with van der Waals surface area (Å²) in [6, 6.07) is 2.05. The quantitative estimate of drug-likeness (QED) is 0.889. The summed E-state index contributed by atoms with van der Waals surface area (Å²) >= 11 is 0. The van der Waals surface area contributed by atoms with E-state index in [9.17, 15) is 0 Å². The van der Waals surface area contributed by atoms with Crippen molar-refractivity contribution < 1.29 is 0 Å². The van der Waals surface area contributed by atoms with Crippen molar-refractivity contribution in [3.63, 3.8) is 0 Å². The molecule has 1 saturated carbocycles. The topological polar surface area (TPSA) is 56.8 Å². The van der Waals surface area contributed by atoms with Gasteiger partial charge in [-0.05, 0) is 36.9 Å². The van der Waals surface area contributed by atoms with Gasteiger partial charge in [-0.2, -0.15) is 0 Å². The molecule has 2 aromatic heterocycles. The number of hydrogen-bond donors (Lipinski definition) is 2. The Morgan fingerprint density at radius 1 is 1.32 bits per heavy atom. The maximum Gasteiger partial charge on any atom is 0.142 e. The highest BCUT2D eigenvalue weighted by Crippen LogP contribution is 2.49. The number of aromatic nitrogens is 3. The van der Waals surface area contributed by atoms with E-state index in [2.05, 4.69) is 38.3 Å². The SMILES string of the molecule is CN(CC1[C@H]2CNC[C@@H]12)c1ncnc2[nH]ccc12.Cl. The number of anilines is 1. The summed E-state index contributed by atoms with van der Waals surface area (Å²) in [4.78, 5) is 14.1. The van der Waals surface area contributed by atoms with Gasteiger partial charge in [-0.15, -0.1) is 12.4 Å². The van der Waals surface area contributed by atoms with Crippen LogP contribution in [0.5, 0.6) is 0 Å². The Kier molecular flexibility index (Phi) is 3.11. The van der Waals surface area contributed by atoms with E-state index in [0.717, 1.165) is 41.1 Å². The third-order valence-corrected chi connectivity index (χ3v) is 4.45. The molecule has 3 atom stereocenters. The van der Waals surface area contributed by atoms with E-state index >= 15 is 0 Å². The fourth-order valence-electron chi connectivity index (χ4n) is 3.38. The summed E-state index contributed by atoms with van der Waals surface area (Å²) in [5.41, 5.74) is 0.921. The van der Waals surface area contributed by atoms with Crippen LogP contribution in [0.3, 0.4) is 0 Å². The van der Waals surface area contributed by atoms with Gasteiger partial charge in [0.25, 0.3) is 0 Å². The van der Waals surface area contributed by atoms with Crippen LogP contribution in [0.4, 0.5) is 5.82 Å². The zero-order valence-corrected chi connectivity index (χ0v) is 11.7. The van der Waals surface area contributed by atoms with Crippen molar-refractivity contribution in [3.8, 4) is 0 Å². The van der Waals surface area contributed by atoms with Gasteiger partial charge >= 0.3 is 0 Å². The zero-order chi connectivity index (χ0) is 12.1. The van der Waals surface area contributed by atoms with E-state index in [1.165, 1.54) is 13.1 Å². The number of H-pyrrole nitrogens is 1. The molecular formula is C13H18ClN5. The lowest BCUT2D eigenvalue weighted by Gasteiger charge is -2.19. The van der Waals surface area contributed by atoms with Gasteiger partial charge in [-0.25, -0.2) is 9.97 Å². The summed E-state index contributed by atoms with van der Waals surface area (Å²) in [6.07, 6.45) is 3.56. The van der Waals surface area contributed by atoms with Gasteiger partial charge in [-0.3, -0.25) is 0 Å². The molecule has 0 spiro atoms. The predicted octanol–water partition coefficient (Wildman–Crippen LogP) is 1.28. The fourth-order valence-corrected chi connectivity index (χ4v) is 3.38. The van der Waals surface area contributed by atoms with Crippen LogP contribution in [-0.4, -0.2) is 41.6 Å². The average molecular weight is 280 g/mol. The number of fused-ring (bicyclic) bond motifs is 2. The Morgan fingerprint density at radius 2 is 2.11 bits per heavy atom. The van der Waals surface area contributed by atoms with Crippen molar-refractivity contribution >= 4 is 29.3 Å². The summed E-state index contributed by atoms with van der Waals surface area (Å²) < 4.78 is 0. The average Bonchev–Trinajstić information content (AvgIpc) is 2.82. The minimum Gasteiger partial charge on any atom is -0.359 e. The Morgan fingerprint density at radius 3 is 2.89 bits per heavy atom. The smallest absolute Gasteiger partial charge is 0.142 e. The lowest BCUT2D eigenvalue weighted by Crippen LogP contribution is -2.26. The molecule has 2 aromatic rings.